The molecule has 1 fully saturated rings. The standard InChI is InChI=1S/C29H21ClINO4S/c1-35-25-14-20(13-24(31)27(25)36-17-18-7-10-23(30)11-8-18)15-26-28(33)32(29(34)37-26)16-19-6-9-21-4-2-3-5-22(21)12-19/h2-15H,16-17H2,1H3/b26-15-. The van der Waals surface area contributed by atoms with Crippen LogP contribution in [-0.4, -0.2) is 23.2 Å². The van der Waals surface area contributed by atoms with E-state index in [2.05, 4.69) is 22.6 Å². The van der Waals surface area contributed by atoms with Crippen molar-refractivity contribution in [2.75, 3.05) is 7.11 Å². The maximum absolute atomic E-state index is 13.1. The number of imide groups is 1. The third kappa shape index (κ3) is 5.79. The van der Waals surface area contributed by atoms with Crippen molar-refractivity contribution in [2.45, 2.75) is 13.2 Å². The maximum atomic E-state index is 13.1. The van der Waals surface area contributed by atoms with Gasteiger partial charge >= 0.3 is 0 Å². The first kappa shape index (κ1) is 25.6. The molecule has 1 aliphatic rings. The molecule has 0 spiro atoms. The monoisotopic (exact) mass is 641 g/mol. The largest absolute Gasteiger partial charge is 0.493 e. The number of halogens is 2. The Morgan fingerprint density at radius 3 is 2.43 bits per heavy atom. The molecule has 1 aliphatic heterocycles. The predicted octanol–water partition coefficient (Wildman–Crippen LogP) is 7.92. The van der Waals surface area contributed by atoms with Gasteiger partial charge in [0.1, 0.15) is 6.61 Å². The molecule has 4 aromatic carbocycles. The van der Waals surface area contributed by atoms with Gasteiger partial charge < -0.3 is 9.47 Å². The van der Waals surface area contributed by atoms with Crippen molar-refractivity contribution in [2.24, 2.45) is 0 Å². The number of carbonyl (C=O) groups is 2. The van der Waals surface area contributed by atoms with Crippen LogP contribution in [0.3, 0.4) is 0 Å². The number of hydrogen-bond acceptors (Lipinski definition) is 5. The van der Waals surface area contributed by atoms with E-state index in [9.17, 15) is 9.59 Å². The Labute approximate surface area is 237 Å². The van der Waals surface area contributed by atoms with Gasteiger partial charge in [0.05, 0.1) is 22.1 Å². The fourth-order valence-corrected chi connectivity index (χ4v) is 5.75. The Balaban J connectivity index is 1.34. The van der Waals surface area contributed by atoms with Gasteiger partial charge in [-0.05, 0) is 98.2 Å². The van der Waals surface area contributed by atoms with Crippen LogP contribution in [0.5, 0.6) is 11.5 Å². The van der Waals surface area contributed by atoms with Crippen LogP contribution in [0.1, 0.15) is 16.7 Å². The number of thioether (sulfide) groups is 1. The third-order valence-corrected chi connectivity index (χ3v) is 7.83. The molecule has 8 heteroatoms. The van der Waals surface area contributed by atoms with Crippen molar-refractivity contribution in [1.82, 2.24) is 4.90 Å². The number of nitrogens with zero attached hydrogens (tertiary/aromatic N) is 1. The van der Waals surface area contributed by atoms with Crippen LogP contribution in [-0.2, 0) is 17.9 Å². The topological polar surface area (TPSA) is 55.8 Å². The van der Waals surface area contributed by atoms with Gasteiger partial charge in [-0.15, -0.1) is 0 Å². The van der Waals surface area contributed by atoms with Crippen LogP contribution < -0.4 is 9.47 Å². The summed E-state index contributed by atoms with van der Waals surface area (Å²) in [5.74, 6) is 0.849. The zero-order valence-corrected chi connectivity index (χ0v) is 23.5. The summed E-state index contributed by atoms with van der Waals surface area (Å²) in [5.41, 5.74) is 2.63. The Bertz CT molecular complexity index is 1540. The SMILES string of the molecule is COc1cc(/C=C2\SC(=O)N(Cc3ccc4ccccc4c3)C2=O)cc(I)c1OCc1ccc(Cl)cc1. The number of fused-ring (bicyclic) bond motifs is 1. The van der Waals surface area contributed by atoms with Gasteiger partial charge in [0.25, 0.3) is 11.1 Å². The molecular formula is C29H21ClINO4S. The molecule has 0 aliphatic carbocycles. The molecule has 5 rings (SSSR count). The van der Waals surface area contributed by atoms with Gasteiger partial charge in [-0.2, -0.15) is 0 Å². The van der Waals surface area contributed by atoms with E-state index in [0.717, 1.165) is 42.8 Å². The summed E-state index contributed by atoms with van der Waals surface area (Å²) in [7, 11) is 1.57. The number of rotatable bonds is 7. The van der Waals surface area contributed by atoms with Crippen molar-refractivity contribution >= 4 is 73.9 Å². The van der Waals surface area contributed by atoms with Gasteiger partial charge in [-0.25, -0.2) is 0 Å². The summed E-state index contributed by atoms with van der Waals surface area (Å²) in [4.78, 5) is 27.5. The minimum Gasteiger partial charge on any atom is -0.493 e. The first-order chi connectivity index (χ1) is 17.9. The van der Waals surface area contributed by atoms with Crippen molar-refractivity contribution < 1.29 is 19.1 Å². The molecule has 37 heavy (non-hydrogen) atoms. The Morgan fingerprint density at radius 2 is 1.68 bits per heavy atom. The number of benzene rings is 4. The molecule has 0 saturated carbocycles. The highest BCUT2D eigenvalue weighted by molar-refractivity contribution is 14.1. The molecular weight excluding hydrogens is 621 g/mol. The molecule has 0 bridgehead atoms. The lowest BCUT2D eigenvalue weighted by Gasteiger charge is -2.14. The molecule has 0 radical (unpaired) electrons. The highest BCUT2D eigenvalue weighted by Crippen LogP contribution is 2.38. The fourth-order valence-electron chi connectivity index (χ4n) is 4.01. The summed E-state index contributed by atoms with van der Waals surface area (Å²) in [5, 5.41) is 2.57. The Morgan fingerprint density at radius 1 is 0.946 bits per heavy atom. The van der Waals surface area contributed by atoms with E-state index in [1.807, 2.05) is 72.8 Å². The molecule has 4 aromatic rings. The smallest absolute Gasteiger partial charge is 0.293 e. The second-order valence-electron chi connectivity index (χ2n) is 8.40. The normalized spacial score (nSPS) is 14.6. The van der Waals surface area contributed by atoms with E-state index in [0.29, 0.717) is 28.0 Å². The number of hydrogen-bond donors (Lipinski definition) is 0. The summed E-state index contributed by atoms with van der Waals surface area (Å²) < 4.78 is 12.4. The van der Waals surface area contributed by atoms with Gasteiger partial charge in [0, 0.05) is 5.02 Å². The van der Waals surface area contributed by atoms with Gasteiger partial charge in [-0.3, -0.25) is 14.5 Å². The molecule has 5 nitrogen and oxygen atoms in total. The van der Waals surface area contributed by atoms with E-state index in [1.54, 1.807) is 19.3 Å². The van der Waals surface area contributed by atoms with Gasteiger partial charge in [-0.1, -0.05) is 60.1 Å². The summed E-state index contributed by atoms with van der Waals surface area (Å²) in [6, 6.07) is 25.1. The minimum atomic E-state index is -0.305. The van der Waals surface area contributed by atoms with Crippen molar-refractivity contribution in [3.05, 3.63) is 109 Å². The quantitative estimate of drug-likeness (QED) is 0.152. The van der Waals surface area contributed by atoms with Crippen molar-refractivity contribution in [3.63, 3.8) is 0 Å². The number of amides is 2. The highest BCUT2D eigenvalue weighted by Gasteiger charge is 2.35. The van der Waals surface area contributed by atoms with E-state index < -0.39 is 0 Å². The molecule has 1 heterocycles. The Kier molecular flexibility index (Phi) is 7.73. The maximum Gasteiger partial charge on any atom is 0.293 e. The van der Waals surface area contributed by atoms with Crippen LogP contribution in [0.15, 0.2) is 83.8 Å². The molecule has 0 unspecified atom stereocenters. The van der Waals surface area contributed by atoms with E-state index >= 15 is 0 Å². The number of ether oxygens (including phenoxy) is 2. The summed E-state index contributed by atoms with van der Waals surface area (Å²) in [6.07, 6.45) is 1.72. The number of carbonyl (C=O) groups excluding carboxylic acids is 2. The second kappa shape index (κ2) is 11.2. The second-order valence-corrected chi connectivity index (χ2v) is 11.0. The zero-order chi connectivity index (χ0) is 25.9. The lowest BCUT2D eigenvalue weighted by Crippen LogP contribution is -2.27. The van der Waals surface area contributed by atoms with Crippen LogP contribution in [0.25, 0.3) is 16.8 Å². The number of methoxy groups -OCH3 is 1. The summed E-state index contributed by atoms with van der Waals surface area (Å²) >= 11 is 9.09. The average Bonchev–Trinajstić information content (AvgIpc) is 3.16. The lowest BCUT2D eigenvalue weighted by molar-refractivity contribution is -0.123. The molecule has 1 saturated heterocycles. The highest BCUT2D eigenvalue weighted by atomic mass is 127. The minimum absolute atomic E-state index is 0.227. The van der Waals surface area contributed by atoms with Crippen molar-refractivity contribution in [3.8, 4) is 11.5 Å². The third-order valence-electron chi connectivity index (χ3n) is 5.87. The van der Waals surface area contributed by atoms with Crippen molar-refractivity contribution in [1.29, 1.82) is 0 Å². The lowest BCUT2D eigenvalue weighted by atomic mass is 10.1. The average molecular weight is 642 g/mol. The van der Waals surface area contributed by atoms with E-state index in [1.165, 1.54) is 4.90 Å². The van der Waals surface area contributed by atoms with E-state index in [-0.39, 0.29) is 17.7 Å². The van der Waals surface area contributed by atoms with Crippen LogP contribution >= 0.6 is 46.0 Å². The predicted molar refractivity (Wildman–Crippen MR) is 157 cm³/mol. The molecule has 0 atom stereocenters. The van der Waals surface area contributed by atoms with E-state index in [4.69, 9.17) is 21.1 Å². The fraction of sp³-hybridized carbons (Fsp3) is 0.103. The van der Waals surface area contributed by atoms with Crippen LogP contribution in [0.2, 0.25) is 5.02 Å². The summed E-state index contributed by atoms with van der Waals surface area (Å²) in [6.45, 7) is 0.585. The van der Waals surface area contributed by atoms with Gasteiger partial charge in [0.15, 0.2) is 11.5 Å². The zero-order valence-electron chi connectivity index (χ0n) is 19.7. The van der Waals surface area contributed by atoms with Crippen LogP contribution in [0.4, 0.5) is 4.79 Å². The van der Waals surface area contributed by atoms with Crippen LogP contribution in [0, 0.1) is 3.57 Å². The molecule has 0 N–H and O–H groups in total. The first-order valence-corrected chi connectivity index (χ1v) is 13.7. The molecule has 186 valence electrons. The molecule has 0 aromatic heterocycles. The first-order valence-electron chi connectivity index (χ1n) is 11.4. The molecule has 2 amide bonds. The van der Waals surface area contributed by atoms with Gasteiger partial charge in [0.2, 0.25) is 0 Å². The Hall–Kier alpha value is -3.01.